The van der Waals surface area contributed by atoms with Gasteiger partial charge < -0.3 is 5.73 Å². The molecule has 3 aliphatic heterocycles. The Morgan fingerprint density at radius 2 is 1.44 bits per heavy atom. The van der Waals surface area contributed by atoms with Crippen LogP contribution in [0, 0.1) is 0 Å². The van der Waals surface area contributed by atoms with Gasteiger partial charge in [0.1, 0.15) is 9.84 Å². The zero-order chi connectivity index (χ0) is 12.8. The van der Waals surface area contributed by atoms with E-state index in [9.17, 15) is 8.42 Å². The first-order chi connectivity index (χ1) is 8.55. The number of hydrogen-bond acceptors (Lipinski definition) is 4. The molecule has 104 valence electrons. The molecule has 0 aliphatic carbocycles. The largest absolute Gasteiger partial charge is 0.328 e. The standard InChI is InChI=1S/C13H24N2O2S/c14-10-8-12-2-1-3-13(9-10)15(12)11-4-6-18(16,17)7-5-11/h10-13H,1-9,14H2. The molecule has 3 fully saturated rings. The summed E-state index contributed by atoms with van der Waals surface area (Å²) in [7, 11) is -2.74. The van der Waals surface area contributed by atoms with E-state index in [1.54, 1.807) is 0 Å². The molecule has 2 unspecified atom stereocenters. The van der Waals surface area contributed by atoms with Crippen LogP contribution >= 0.6 is 0 Å². The molecule has 3 rings (SSSR count). The van der Waals surface area contributed by atoms with Crippen LogP contribution in [0.3, 0.4) is 0 Å². The highest BCUT2D eigenvalue weighted by Crippen LogP contribution is 2.37. The summed E-state index contributed by atoms with van der Waals surface area (Å²) >= 11 is 0. The second-order valence-corrected chi connectivity index (χ2v) is 8.60. The van der Waals surface area contributed by atoms with E-state index in [-0.39, 0.29) is 0 Å². The van der Waals surface area contributed by atoms with Gasteiger partial charge in [-0.25, -0.2) is 8.42 Å². The topological polar surface area (TPSA) is 63.4 Å². The lowest BCUT2D eigenvalue weighted by Crippen LogP contribution is -2.60. The smallest absolute Gasteiger partial charge is 0.150 e. The number of hydrogen-bond donors (Lipinski definition) is 1. The maximum absolute atomic E-state index is 11.5. The average Bonchev–Trinajstić information content (AvgIpc) is 2.28. The summed E-state index contributed by atoms with van der Waals surface area (Å²) in [5.74, 6) is 0.777. The van der Waals surface area contributed by atoms with Crippen molar-refractivity contribution >= 4 is 9.84 Å². The van der Waals surface area contributed by atoms with E-state index in [1.165, 1.54) is 19.3 Å². The lowest BCUT2D eigenvalue weighted by Gasteiger charge is -2.52. The fraction of sp³-hybridized carbons (Fsp3) is 1.00. The molecular formula is C13H24N2O2S. The second kappa shape index (κ2) is 4.76. The number of sulfone groups is 1. The third-order valence-electron chi connectivity index (χ3n) is 5.01. The fourth-order valence-corrected chi connectivity index (χ4v) is 5.70. The Balaban J connectivity index is 1.72. The summed E-state index contributed by atoms with van der Waals surface area (Å²) in [6.45, 7) is 0. The molecule has 18 heavy (non-hydrogen) atoms. The maximum atomic E-state index is 11.5. The molecule has 4 nitrogen and oxygen atoms in total. The fourth-order valence-electron chi connectivity index (χ4n) is 4.23. The summed E-state index contributed by atoms with van der Waals surface area (Å²) in [5, 5.41) is 0. The zero-order valence-corrected chi connectivity index (χ0v) is 11.7. The maximum Gasteiger partial charge on any atom is 0.150 e. The SMILES string of the molecule is NC1CC2CCCC(C1)N2C1CCS(=O)(=O)CC1. The third-order valence-corrected chi connectivity index (χ3v) is 6.73. The van der Waals surface area contributed by atoms with Crippen LogP contribution in [0.2, 0.25) is 0 Å². The summed E-state index contributed by atoms with van der Waals surface area (Å²) in [6.07, 6.45) is 7.74. The van der Waals surface area contributed by atoms with E-state index in [4.69, 9.17) is 5.73 Å². The van der Waals surface area contributed by atoms with Crippen molar-refractivity contribution in [1.82, 2.24) is 4.90 Å². The van der Waals surface area contributed by atoms with Crippen LogP contribution in [0.25, 0.3) is 0 Å². The van der Waals surface area contributed by atoms with E-state index < -0.39 is 9.84 Å². The van der Waals surface area contributed by atoms with Gasteiger partial charge in [0.05, 0.1) is 11.5 Å². The Kier molecular flexibility index (Phi) is 3.41. The van der Waals surface area contributed by atoms with E-state index >= 15 is 0 Å². The molecule has 3 saturated heterocycles. The molecule has 2 atom stereocenters. The van der Waals surface area contributed by atoms with Crippen molar-refractivity contribution in [2.24, 2.45) is 5.73 Å². The van der Waals surface area contributed by atoms with E-state index in [1.807, 2.05) is 0 Å². The molecule has 0 amide bonds. The summed E-state index contributed by atoms with van der Waals surface area (Å²) < 4.78 is 23.1. The van der Waals surface area contributed by atoms with Crippen molar-refractivity contribution in [3.63, 3.8) is 0 Å². The average molecular weight is 272 g/mol. The van der Waals surface area contributed by atoms with Crippen molar-refractivity contribution in [1.29, 1.82) is 0 Å². The highest BCUT2D eigenvalue weighted by Gasteiger charge is 2.41. The predicted molar refractivity (Wildman–Crippen MR) is 72.2 cm³/mol. The van der Waals surface area contributed by atoms with Gasteiger partial charge in [0.2, 0.25) is 0 Å². The highest BCUT2D eigenvalue weighted by atomic mass is 32.2. The van der Waals surface area contributed by atoms with Crippen molar-refractivity contribution in [2.45, 2.75) is 69.1 Å². The first-order valence-corrected chi connectivity index (χ1v) is 9.11. The van der Waals surface area contributed by atoms with Gasteiger partial charge in [0.25, 0.3) is 0 Å². The minimum Gasteiger partial charge on any atom is -0.328 e. The van der Waals surface area contributed by atoms with Gasteiger partial charge in [0, 0.05) is 24.2 Å². The van der Waals surface area contributed by atoms with Gasteiger partial charge in [-0.05, 0) is 38.5 Å². The van der Waals surface area contributed by atoms with Gasteiger partial charge in [-0.15, -0.1) is 0 Å². The molecule has 0 saturated carbocycles. The Morgan fingerprint density at radius 1 is 0.889 bits per heavy atom. The minimum absolute atomic E-state index is 0.365. The van der Waals surface area contributed by atoms with Crippen LogP contribution in [0.15, 0.2) is 0 Å². The van der Waals surface area contributed by atoms with Crippen LogP contribution in [0.5, 0.6) is 0 Å². The van der Waals surface area contributed by atoms with Crippen molar-refractivity contribution < 1.29 is 8.42 Å². The van der Waals surface area contributed by atoms with Crippen molar-refractivity contribution in [3.8, 4) is 0 Å². The molecule has 3 heterocycles. The van der Waals surface area contributed by atoms with Gasteiger partial charge in [-0.2, -0.15) is 0 Å². The Hall–Kier alpha value is -0.130. The van der Waals surface area contributed by atoms with E-state index in [0.717, 1.165) is 25.7 Å². The Bertz CT molecular complexity index is 381. The first kappa shape index (κ1) is 12.9. The van der Waals surface area contributed by atoms with E-state index in [0.29, 0.717) is 35.7 Å². The van der Waals surface area contributed by atoms with Gasteiger partial charge in [-0.1, -0.05) is 6.42 Å². The number of rotatable bonds is 1. The van der Waals surface area contributed by atoms with Crippen LogP contribution < -0.4 is 5.73 Å². The summed E-state index contributed by atoms with van der Waals surface area (Å²) in [5.41, 5.74) is 6.14. The predicted octanol–water partition coefficient (Wildman–Crippen LogP) is 0.908. The van der Waals surface area contributed by atoms with Gasteiger partial charge in [0.15, 0.2) is 0 Å². The van der Waals surface area contributed by atoms with Crippen LogP contribution in [0.1, 0.15) is 44.9 Å². The first-order valence-electron chi connectivity index (χ1n) is 7.28. The molecule has 0 spiro atoms. The number of nitrogens with zero attached hydrogens (tertiary/aromatic N) is 1. The van der Waals surface area contributed by atoms with Crippen LogP contribution in [-0.4, -0.2) is 49.0 Å². The highest BCUT2D eigenvalue weighted by molar-refractivity contribution is 7.91. The second-order valence-electron chi connectivity index (χ2n) is 6.30. The van der Waals surface area contributed by atoms with Gasteiger partial charge >= 0.3 is 0 Å². The molecular weight excluding hydrogens is 248 g/mol. The molecule has 0 aromatic heterocycles. The van der Waals surface area contributed by atoms with Crippen molar-refractivity contribution in [2.75, 3.05) is 11.5 Å². The molecule has 2 N–H and O–H groups in total. The van der Waals surface area contributed by atoms with E-state index in [2.05, 4.69) is 4.90 Å². The Labute approximate surface area is 110 Å². The third kappa shape index (κ3) is 2.45. The Morgan fingerprint density at radius 3 is 2.00 bits per heavy atom. The lowest BCUT2D eigenvalue weighted by molar-refractivity contribution is -0.00848. The lowest BCUT2D eigenvalue weighted by atomic mass is 9.80. The van der Waals surface area contributed by atoms with Gasteiger partial charge in [-0.3, -0.25) is 4.90 Å². The summed E-state index contributed by atoms with van der Waals surface area (Å²) in [4.78, 5) is 2.65. The quantitative estimate of drug-likeness (QED) is 0.770. The molecule has 0 aromatic rings. The number of nitrogens with two attached hydrogens (primary N) is 1. The molecule has 3 aliphatic rings. The number of fused-ring (bicyclic) bond motifs is 2. The van der Waals surface area contributed by atoms with Crippen LogP contribution in [-0.2, 0) is 9.84 Å². The molecule has 0 aromatic carbocycles. The zero-order valence-electron chi connectivity index (χ0n) is 10.9. The van der Waals surface area contributed by atoms with Crippen molar-refractivity contribution in [3.05, 3.63) is 0 Å². The normalized spacial score (nSPS) is 41.7. The summed E-state index contributed by atoms with van der Waals surface area (Å²) in [6, 6.07) is 2.11. The molecule has 2 bridgehead atoms. The minimum atomic E-state index is -2.74. The number of piperidine rings is 2. The monoisotopic (exact) mass is 272 g/mol. The molecule has 0 radical (unpaired) electrons. The molecule has 5 heteroatoms. The van der Waals surface area contributed by atoms with Crippen LogP contribution in [0.4, 0.5) is 0 Å².